The first-order valence-corrected chi connectivity index (χ1v) is 7.47. The largest absolute Gasteiger partial charge is 0.459 e. The van der Waals surface area contributed by atoms with Gasteiger partial charge < -0.3 is 9.73 Å². The van der Waals surface area contributed by atoms with Crippen LogP contribution >= 0.6 is 27.5 Å². The zero-order chi connectivity index (χ0) is 14.1. The summed E-state index contributed by atoms with van der Waals surface area (Å²) in [6.07, 6.45) is 0. The van der Waals surface area contributed by atoms with Crippen LogP contribution in [-0.4, -0.2) is 7.05 Å². The van der Waals surface area contributed by atoms with Gasteiger partial charge >= 0.3 is 0 Å². The van der Waals surface area contributed by atoms with Crippen molar-refractivity contribution in [1.82, 2.24) is 5.32 Å². The highest BCUT2D eigenvalue weighted by atomic mass is 79.9. The standard InChI is InChI=1S/C16H13BrClNO/c1-19-16(12-9-11(17)6-7-13(12)18)15-8-10-4-2-3-5-14(10)20-15/h2-9,16,19H,1H3. The first-order valence-electron chi connectivity index (χ1n) is 6.29. The predicted molar refractivity (Wildman–Crippen MR) is 86.3 cm³/mol. The van der Waals surface area contributed by atoms with Crippen LogP contribution in [0, 0.1) is 0 Å². The normalized spacial score (nSPS) is 12.8. The second-order valence-corrected chi connectivity index (χ2v) is 5.90. The van der Waals surface area contributed by atoms with Crippen LogP contribution in [0.2, 0.25) is 5.02 Å². The highest BCUT2D eigenvalue weighted by molar-refractivity contribution is 9.10. The molecule has 1 aromatic heterocycles. The average Bonchev–Trinajstić information content (AvgIpc) is 2.87. The Hall–Kier alpha value is -1.29. The van der Waals surface area contributed by atoms with Gasteiger partial charge in [0, 0.05) is 14.9 Å². The van der Waals surface area contributed by atoms with Crippen molar-refractivity contribution < 1.29 is 4.42 Å². The van der Waals surface area contributed by atoms with Crippen molar-refractivity contribution in [2.75, 3.05) is 7.05 Å². The van der Waals surface area contributed by atoms with Crippen molar-refractivity contribution in [3.05, 3.63) is 69.3 Å². The van der Waals surface area contributed by atoms with E-state index in [4.69, 9.17) is 16.0 Å². The van der Waals surface area contributed by atoms with Gasteiger partial charge in [0.2, 0.25) is 0 Å². The van der Waals surface area contributed by atoms with Gasteiger partial charge in [-0.25, -0.2) is 0 Å². The lowest BCUT2D eigenvalue weighted by atomic mass is 10.0. The van der Waals surface area contributed by atoms with Crippen LogP contribution in [0.3, 0.4) is 0 Å². The number of benzene rings is 2. The number of fused-ring (bicyclic) bond motifs is 1. The molecule has 3 aromatic rings. The minimum atomic E-state index is -0.0765. The summed E-state index contributed by atoms with van der Waals surface area (Å²) in [7, 11) is 1.90. The highest BCUT2D eigenvalue weighted by Gasteiger charge is 2.19. The van der Waals surface area contributed by atoms with Gasteiger partial charge in [0.15, 0.2) is 0 Å². The van der Waals surface area contributed by atoms with E-state index in [0.717, 1.165) is 26.8 Å². The van der Waals surface area contributed by atoms with Crippen LogP contribution < -0.4 is 5.32 Å². The maximum Gasteiger partial charge on any atom is 0.134 e. The number of hydrogen-bond acceptors (Lipinski definition) is 2. The fourth-order valence-corrected chi connectivity index (χ4v) is 2.94. The van der Waals surface area contributed by atoms with E-state index >= 15 is 0 Å². The lowest BCUT2D eigenvalue weighted by Gasteiger charge is -2.16. The molecule has 1 heterocycles. The smallest absolute Gasteiger partial charge is 0.134 e. The highest BCUT2D eigenvalue weighted by Crippen LogP contribution is 2.33. The third-order valence-electron chi connectivity index (χ3n) is 3.29. The molecule has 0 radical (unpaired) electrons. The minimum absolute atomic E-state index is 0.0765. The Morgan fingerprint density at radius 1 is 1.15 bits per heavy atom. The molecule has 4 heteroatoms. The fraction of sp³-hybridized carbons (Fsp3) is 0.125. The summed E-state index contributed by atoms with van der Waals surface area (Å²) in [5, 5.41) is 5.07. The summed E-state index contributed by atoms with van der Waals surface area (Å²) >= 11 is 9.80. The zero-order valence-electron chi connectivity index (χ0n) is 10.9. The molecule has 0 saturated heterocycles. The Morgan fingerprint density at radius 3 is 2.70 bits per heavy atom. The third-order valence-corrected chi connectivity index (χ3v) is 4.12. The van der Waals surface area contributed by atoms with Crippen LogP contribution in [0.4, 0.5) is 0 Å². The van der Waals surface area contributed by atoms with Gasteiger partial charge in [0.25, 0.3) is 0 Å². The second kappa shape index (κ2) is 5.60. The fourth-order valence-electron chi connectivity index (χ4n) is 2.33. The molecule has 0 aliphatic rings. The monoisotopic (exact) mass is 349 g/mol. The lowest BCUT2D eigenvalue weighted by Crippen LogP contribution is -2.17. The number of para-hydroxylation sites is 1. The Bertz CT molecular complexity index is 720. The van der Waals surface area contributed by atoms with Crippen molar-refractivity contribution in [1.29, 1.82) is 0 Å². The molecule has 0 aliphatic carbocycles. The summed E-state index contributed by atoms with van der Waals surface area (Å²) in [5.74, 6) is 0.855. The van der Waals surface area contributed by atoms with Crippen LogP contribution in [-0.2, 0) is 0 Å². The molecule has 0 fully saturated rings. The predicted octanol–water partition coefficient (Wildman–Crippen LogP) is 5.16. The van der Waals surface area contributed by atoms with Crippen molar-refractivity contribution in [2.24, 2.45) is 0 Å². The van der Waals surface area contributed by atoms with Crippen LogP contribution in [0.1, 0.15) is 17.4 Å². The molecule has 2 aromatic carbocycles. The molecule has 1 atom stereocenters. The molecule has 2 nitrogen and oxygen atoms in total. The van der Waals surface area contributed by atoms with Crippen molar-refractivity contribution >= 4 is 38.5 Å². The van der Waals surface area contributed by atoms with Crippen LogP contribution in [0.5, 0.6) is 0 Å². The van der Waals surface area contributed by atoms with E-state index in [1.54, 1.807) is 0 Å². The lowest BCUT2D eigenvalue weighted by molar-refractivity contribution is 0.491. The molecular formula is C16H13BrClNO. The Balaban J connectivity index is 2.11. The molecule has 0 bridgehead atoms. The quantitative estimate of drug-likeness (QED) is 0.706. The topological polar surface area (TPSA) is 25.2 Å². The van der Waals surface area contributed by atoms with Crippen molar-refractivity contribution in [3.8, 4) is 0 Å². The number of rotatable bonds is 3. The maximum atomic E-state index is 6.32. The number of nitrogens with one attached hydrogen (secondary N) is 1. The molecule has 0 saturated carbocycles. The zero-order valence-corrected chi connectivity index (χ0v) is 13.2. The van der Waals surface area contributed by atoms with Crippen molar-refractivity contribution in [2.45, 2.75) is 6.04 Å². The molecule has 20 heavy (non-hydrogen) atoms. The number of furan rings is 1. The van der Waals surface area contributed by atoms with E-state index in [9.17, 15) is 0 Å². The molecule has 0 spiro atoms. The molecule has 1 unspecified atom stereocenters. The summed E-state index contributed by atoms with van der Waals surface area (Å²) in [4.78, 5) is 0. The average molecular weight is 351 g/mol. The van der Waals surface area contributed by atoms with Gasteiger partial charge in [0.05, 0.1) is 6.04 Å². The summed E-state index contributed by atoms with van der Waals surface area (Å²) in [6, 6.07) is 15.8. The summed E-state index contributed by atoms with van der Waals surface area (Å²) in [6.45, 7) is 0. The number of halogens is 2. The molecule has 0 aliphatic heterocycles. The first-order chi connectivity index (χ1) is 9.69. The van der Waals surface area contributed by atoms with Gasteiger partial charge in [-0.2, -0.15) is 0 Å². The van der Waals surface area contributed by atoms with Gasteiger partial charge in [0.1, 0.15) is 11.3 Å². The molecule has 102 valence electrons. The van der Waals surface area contributed by atoms with E-state index in [1.165, 1.54) is 0 Å². The Kier molecular flexibility index (Phi) is 3.83. The van der Waals surface area contributed by atoms with E-state index in [1.807, 2.05) is 55.6 Å². The van der Waals surface area contributed by atoms with E-state index in [0.29, 0.717) is 5.02 Å². The molecule has 1 N–H and O–H groups in total. The van der Waals surface area contributed by atoms with Gasteiger partial charge in [-0.15, -0.1) is 0 Å². The number of hydrogen-bond donors (Lipinski definition) is 1. The Morgan fingerprint density at radius 2 is 1.95 bits per heavy atom. The maximum absolute atomic E-state index is 6.32. The van der Waals surface area contributed by atoms with Crippen LogP contribution in [0.25, 0.3) is 11.0 Å². The summed E-state index contributed by atoms with van der Waals surface area (Å²) < 4.78 is 6.93. The van der Waals surface area contributed by atoms with Gasteiger partial charge in [-0.1, -0.05) is 45.7 Å². The van der Waals surface area contributed by atoms with Crippen molar-refractivity contribution in [3.63, 3.8) is 0 Å². The Labute approximate surface area is 130 Å². The second-order valence-electron chi connectivity index (χ2n) is 4.57. The van der Waals surface area contributed by atoms with E-state index < -0.39 is 0 Å². The van der Waals surface area contributed by atoms with E-state index in [-0.39, 0.29) is 6.04 Å². The molecule has 0 amide bonds. The molecular weight excluding hydrogens is 338 g/mol. The SMILES string of the molecule is CNC(c1cc2ccccc2o1)c1cc(Br)ccc1Cl. The minimum Gasteiger partial charge on any atom is -0.459 e. The van der Waals surface area contributed by atoms with Gasteiger partial charge in [-0.3, -0.25) is 0 Å². The van der Waals surface area contributed by atoms with Gasteiger partial charge in [-0.05, 0) is 42.9 Å². The third kappa shape index (κ3) is 2.49. The van der Waals surface area contributed by atoms with Crippen LogP contribution in [0.15, 0.2) is 57.4 Å². The molecule has 3 rings (SSSR count). The first kappa shape index (κ1) is 13.7. The van der Waals surface area contributed by atoms with E-state index in [2.05, 4.69) is 21.2 Å². The summed E-state index contributed by atoms with van der Waals surface area (Å²) in [5.41, 5.74) is 1.87.